The van der Waals surface area contributed by atoms with Gasteiger partial charge in [0.2, 0.25) is 0 Å². The minimum Gasteiger partial charge on any atom is -0.307 e. The van der Waals surface area contributed by atoms with E-state index in [1.165, 1.54) is 31.6 Å². The molecule has 2 rings (SSSR count). The van der Waals surface area contributed by atoms with Crippen molar-refractivity contribution >= 4 is 0 Å². The molecule has 2 unspecified atom stereocenters. The molecule has 1 fully saturated rings. The summed E-state index contributed by atoms with van der Waals surface area (Å²) in [7, 11) is 0. The predicted molar refractivity (Wildman–Crippen MR) is 88.4 cm³/mol. The molecule has 1 N–H and O–H groups in total. The molecular weight excluding hydrogens is 260 g/mol. The largest absolute Gasteiger partial charge is 0.307 e. The van der Waals surface area contributed by atoms with Crippen molar-refractivity contribution in [2.24, 2.45) is 0 Å². The molecule has 2 heterocycles. The molecule has 1 saturated heterocycles. The van der Waals surface area contributed by atoms with Crippen LogP contribution in [0.25, 0.3) is 0 Å². The third-order valence-electron chi connectivity index (χ3n) is 5.11. The molecule has 1 aliphatic heterocycles. The molecule has 0 aliphatic carbocycles. The van der Waals surface area contributed by atoms with Crippen LogP contribution in [0, 0.1) is 0 Å². The van der Waals surface area contributed by atoms with Crippen molar-refractivity contribution in [1.29, 1.82) is 0 Å². The van der Waals surface area contributed by atoms with Gasteiger partial charge in [0.15, 0.2) is 0 Å². The van der Waals surface area contributed by atoms with E-state index >= 15 is 0 Å². The lowest BCUT2D eigenvalue weighted by Crippen LogP contribution is -2.54. The highest BCUT2D eigenvalue weighted by atomic mass is 15.3. The van der Waals surface area contributed by atoms with Crippen LogP contribution in [0.4, 0.5) is 0 Å². The van der Waals surface area contributed by atoms with E-state index in [1.54, 1.807) is 0 Å². The van der Waals surface area contributed by atoms with E-state index in [0.717, 1.165) is 25.9 Å². The van der Waals surface area contributed by atoms with Gasteiger partial charge >= 0.3 is 0 Å². The SMILES string of the molecule is CCCNC(c1ccnn1CC)C(C)(CC)N1CCCC1. The Labute approximate surface area is 129 Å². The second-order valence-corrected chi connectivity index (χ2v) is 6.36. The first-order valence-corrected chi connectivity index (χ1v) is 8.67. The van der Waals surface area contributed by atoms with Crippen molar-refractivity contribution in [3.63, 3.8) is 0 Å². The average molecular weight is 292 g/mol. The zero-order chi connectivity index (χ0) is 15.3. The Kier molecular flexibility index (Phi) is 5.82. The summed E-state index contributed by atoms with van der Waals surface area (Å²) < 4.78 is 2.15. The van der Waals surface area contributed by atoms with E-state index in [1.807, 2.05) is 6.20 Å². The minimum atomic E-state index is 0.165. The summed E-state index contributed by atoms with van der Waals surface area (Å²) in [6, 6.07) is 2.55. The number of hydrogen-bond acceptors (Lipinski definition) is 3. The summed E-state index contributed by atoms with van der Waals surface area (Å²) in [5.74, 6) is 0. The fourth-order valence-corrected chi connectivity index (χ4v) is 3.62. The fourth-order valence-electron chi connectivity index (χ4n) is 3.62. The molecule has 1 aliphatic rings. The van der Waals surface area contributed by atoms with Crippen LogP contribution >= 0.6 is 0 Å². The molecule has 2 atom stereocenters. The Morgan fingerprint density at radius 2 is 2.00 bits per heavy atom. The molecule has 0 bridgehead atoms. The summed E-state index contributed by atoms with van der Waals surface area (Å²) in [4.78, 5) is 2.69. The first-order valence-electron chi connectivity index (χ1n) is 8.67. The normalized spacial score (nSPS) is 20.6. The van der Waals surface area contributed by atoms with Crippen molar-refractivity contribution in [2.45, 2.75) is 71.5 Å². The molecule has 0 radical (unpaired) electrons. The van der Waals surface area contributed by atoms with Gasteiger partial charge in [0, 0.05) is 18.3 Å². The van der Waals surface area contributed by atoms with Crippen molar-refractivity contribution in [1.82, 2.24) is 20.0 Å². The Bertz CT molecular complexity index is 422. The molecule has 120 valence electrons. The maximum Gasteiger partial charge on any atom is 0.0676 e. The van der Waals surface area contributed by atoms with Gasteiger partial charge in [-0.1, -0.05) is 13.8 Å². The van der Waals surface area contributed by atoms with Gasteiger partial charge in [-0.2, -0.15) is 5.10 Å². The van der Waals surface area contributed by atoms with Crippen molar-refractivity contribution < 1.29 is 0 Å². The number of aromatic nitrogens is 2. The molecular formula is C17H32N4. The third kappa shape index (κ3) is 3.32. The Hall–Kier alpha value is -0.870. The van der Waals surface area contributed by atoms with E-state index in [9.17, 15) is 0 Å². The number of nitrogens with one attached hydrogen (secondary N) is 1. The number of likely N-dealkylation sites (tertiary alicyclic amines) is 1. The second-order valence-electron chi connectivity index (χ2n) is 6.36. The van der Waals surface area contributed by atoms with Crippen LogP contribution in [0.1, 0.15) is 65.1 Å². The maximum atomic E-state index is 4.50. The molecule has 21 heavy (non-hydrogen) atoms. The van der Waals surface area contributed by atoms with Gasteiger partial charge in [-0.05, 0) is 65.2 Å². The molecule has 0 aromatic carbocycles. The fraction of sp³-hybridized carbons (Fsp3) is 0.824. The van der Waals surface area contributed by atoms with E-state index in [2.05, 4.69) is 53.8 Å². The summed E-state index contributed by atoms with van der Waals surface area (Å²) in [5.41, 5.74) is 1.50. The maximum absolute atomic E-state index is 4.50. The lowest BCUT2D eigenvalue weighted by Gasteiger charge is -2.45. The molecule has 4 nitrogen and oxygen atoms in total. The number of nitrogens with zero attached hydrogens (tertiary/aromatic N) is 3. The highest BCUT2D eigenvalue weighted by Gasteiger charge is 2.41. The van der Waals surface area contributed by atoms with Crippen LogP contribution < -0.4 is 5.32 Å². The number of rotatable bonds is 8. The number of hydrogen-bond donors (Lipinski definition) is 1. The van der Waals surface area contributed by atoms with Gasteiger partial charge in [-0.15, -0.1) is 0 Å². The van der Waals surface area contributed by atoms with Crippen LogP contribution in [-0.2, 0) is 6.54 Å². The lowest BCUT2D eigenvalue weighted by molar-refractivity contribution is 0.0802. The monoisotopic (exact) mass is 292 g/mol. The Morgan fingerprint density at radius 1 is 1.29 bits per heavy atom. The molecule has 4 heteroatoms. The van der Waals surface area contributed by atoms with Gasteiger partial charge < -0.3 is 5.32 Å². The molecule has 0 amide bonds. The predicted octanol–water partition coefficient (Wildman–Crippen LogP) is 3.21. The smallest absolute Gasteiger partial charge is 0.0676 e. The third-order valence-corrected chi connectivity index (χ3v) is 5.11. The zero-order valence-electron chi connectivity index (χ0n) is 14.2. The second kappa shape index (κ2) is 7.41. The molecule has 1 aromatic rings. The van der Waals surface area contributed by atoms with Crippen LogP contribution in [-0.4, -0.2) is 39.9 Å². The highest BCUT2D eigenvalue weighted by molar-refractivity contribution is 5.15. The average Bonchev–Trinajstić information content (AvgIpc) is 3.18. The quantitative estimate of drug-likeness (QED) is 0.798. The summed E-state index contributed by atoms with van der Waals surface area (Å²) in [6.45, 7) is 13.6. The Morgan fingerprint density at radius 3 is 2.57 bits per heavy atom. The van der Waals surface area contributed by atoms with Gasteiger partial charge in [-0.25, -0.2) is 0 Å². The van der Waals surface area contributed by atoms with Gasteiger partial charge in [0.05, 0.1) is 11.7 Å². The highest BCUT2D eigenvalue weighted by Crippen LogP contribution is 2.36. The number of aryl methyl sites for hydroxylation is 1. The van der Waals surface area contributed by atoms with Gasteiger partial charge in [0.1, 0.15) is 0 Å². The first-order chi connectivity index (χ1) is 10.2. The standard InChI is InChI=1S/C17H32N4/c1-5-11-18-16(15-10-12-19-21(15)7-3)17(4,6-2)20-13-8-9-14-20/h10,12,16,18H,5-9,11,13-14H2,1-4H3. The van der Waals surface area contributed by atoms with Crippen LogP contribution in [0.5, 0.6) is 0 Å². The van der Waals surface area contributed by atoms with Crippen molar-refractivity contribution in [3.8, 4) is 0 Å². The molecule has 1 aromatic heterocycles. The molecule has 0 saturated carbocycles. The zero-order valence-corrected chi connectivity index (χ0v) is 14.2. The van der Waals surface area contributed by atoms with E-state index in [4.69, 9.17) is 0 Å². The first kappa shape index (κ1) is 16.5. The summed E-state index contributed by atoms with van der Waals surface area (Å²) in [6.07, 6.45) is 6.94. The van der Waals surface area contributed by atoms with E-state index in [-0.39, 0.29) is 5.54 Å². The van der Waals surface area contributed by atoms with E-state index < -0.39 is 0 Å². The Balaban J connectivity index is 2.32. The van der Waals surface area contributed by atoms with Crippen molar-refractivity contribution in [3.05, 3.63) is 18.0 Å². The minimum absolute atomic E-state index is 0.165. The summed E-state index contributed by atoms with van der Waals surface area (Å²) in [5, 5.41) is 8.31. The van der Waals surface area contributed by atoms with E-state index in [0.29, 0.717) is 6.04 Å². The van der Waals surface area contributed by atoms with Crippen LogP contribution in [0.15, 0.2) is 12.3 Å². The van der Waals surface area contributed by atoms with Crippen LogP contribution in [0.3, 0.4) is 0 Å². The van der Waals surface area contributed by atoms with Crippen molar-refractivity contribution in [2.75, 3.05) is 19.6 Å². The van der Waals surface area contributed by atoms with Gasteiger partial charge in [-0.3, -0.25) is 9.58 Å². The van der Waals surface area contributed by atoms with Gasteiger partial charge in [0.25, 0.3) is 0 Å². The summed E-state index contributed by atoms with van der Waals surface area (Å²) >= 11 is 0. The lowest BCUT2D eigenvalue weighted by atomic mass is 9.85. The topological polar surface area (TPSA) is 33.1 Å². The van der Waals surface area contributed by atoms with Crippen LogP contribution in [0.2, 0.25) is 0 Å². The molecule has 0 spiro atoms.